The lowest BCUT2D eigenvalue weighted by atomic mass is 9.83. The van der Waals surface area contributed by atoms with Crippen molar-refractivity contribution in [1.29, 1.82) is 0 Å². The summed E-state index contributed by atoms with van der Waals surface area (Å²) in [6.07, 6.45) is 5.33. The summed E-state index contributed by atoms with van der Waals surface area (Å²) in [5.74, 6) is 0.879. The van der Waals surface area contributed by atoms with Crippen molar-refractivity contribution in [3.63, 3.8) is 0 Å². The molecule has 1 fully saturated rings. The lowest BCUT2D eigenvalue weighted by molar-refractivity contribution is 0.402. The molecule has 10 nitrogen and oxygen atoms in total. The molecular weight excluding hydrogens is 482 g/mol. The highest BCUT2D eigenvalue weighted by Gasteiger charge is 2.27. The van der Waals surface area contributed by atoms with Crippen LogP contribution in [0.1, 0.15) is 32.8 Å². The molecule has 11 heteroatoms. The Morgan fingerprint density at radius 3 is 2.58 bits per heavy atom. The molecule has 0 radical (unpaired) electrons. The van der Waals surface area contributed by atoms with Crippen LogP contribution in [0.3, 0.4) is 0 Å². The van der Waals surface area contributed by atoms with Gasteiger partial charge in [0.25, 0.3) is 5.56 Å². The number of methoxy groups -OCH3 is 1. The van der Waals surface area contributed by atoms with Gasteiger partial charge in [0.2, 0.25) is 10.0 Å². The number of aromatic amines is 1. The number of nitrogens with one attached hydrogen (secondary N) is 2. The molecule has 4 rings (SSSR count). The Kier molecular flexibility index (Phi) is 6.74. The van der Waals surface area contributed by atoms with Crippen LogP contribution in [-0.2, 0) is 22.5 Å². The van der Waals surface area contributed by atoms with Gasteiger partial charge in [-0.05, 0) is 29.9 Å². The topological polar surface area (TPSA) is 126 Å². The SMILES string of the molecule is COc1c(C(C)(C)C)cc(-c2cn(C)c(=O)[nH]c2=O)c2ncc(N3CCC(CNS(C)(=O)=O)C3)cc12. The number of benzene rings is 1. The van der Waals surface area contributed by atoms with Gasteiger partial charge in [-0.15, -0.1) is 0 Å². The van der Waals surface area contributed by atoms with Gasteiger partial charge in [-0.1, -0.05) is 20.8 Å². The van der Waals surface area contributed by atoms with Gasteiger partial charge in [-0.2, -0.15) is 0 Å². The van der Waals surface area contributed by atoms with Crippen molar-refractivity contribution in [2.75, 3.05) is 37.9 Å². The van der Waals surface area contributed by atoms with E-state index in [4.69, 9.17) is 9.72 Å². The van der Waals surface area contributed by atoms with E-state index in [0.29, 0.717) is 35.5 Å². The third-order valence-electron chi connectivity index (χ3n) is 6.60. The molecular formula is C25H33N5O5S. The van der Waals surface area contributed by atoms with Crippen LogP contribution in [0, 0.1) is 5.92 Å². The fourth-order valence-electron chi connectivity index (χ4n) is 4.68. The number of H-pyrrole nitrogens is 1. The fraction of sp³-hybridized carbons (Fsp3) is 0.480. The second-order valence-corrected chi connectivity index (χ2v) is 12.3. The first-order valence-corrected chi connectivity index (χ1v) is 13.7. The molecule has 2 aromatic heterocycles. The average molecular weight is 516 g/mol. The van der Waals surface area contributed by atoms with E-state index in [0.717, 1.165) is 29.6 Å². The maximum absolute atomic E-state index is 12.8. The van der Waals surface area contributed by atoms with Crippen LogP contribution in [-0.4, -0.2) is 56.0 Å². The van der Waals surface area contributed by atoms with Crippen LogP contribution >= 0.6 is 0 Å². The fourth-order valence-corrected chi connectivity index (χ4v) is 5.22. The van der Waals surface area contributed by atoms with E-state index in [-0.39, 0.29) is 11.3 Å². The molecule has 2 N–H and O–H groups in total. The summed E-state index contributed by atoms with van der Waals surface area (Å²) < 4.78 is 32.8. The Bertz CT molecular complexity index is 1540. The third kappa shape index (κ3) is 5.17. The minimum Gasteiger partial charge on any atom is -0.496 e. The minimum atomic E-state index is -3.24. The number of rotatable bonds is 6. The molecule has 194 valence electrons. The molecule has 1 saturated heterocycles. The van der Waals surface area contributed by atoms with Crippen molar-refractivity contribution in [2.24, 2.45) is 13.0 Å². The summed E-state index contributed by atoms with van der Waals surface area (Å²) in [6, 6.07) is 3.94. The van der Waals surface area contributed by atoms with Crippen LogP contribution in [0.2, 0.25) is 0 Å². The van der Waals surface area contributed by atoms with Gasteiger partial charge < -0.3 is 14.2 Å². The monoisotopic (exact) mass is 515 g/mol. The number of aryl methyl sites for hydroxylation is 1. The maximum atomic E-state index is 12.8. The first kappa shape index (κ1) is 25.9. The van der Waals surface area contributed by atoms with Gasteiger partial charge >= 0.3 is 5.69 Å². The zero-order chi connectivity index (χ0) is 26.4. The smallest absolute Gasteiger partial charge is 0.328 e. The van der Waals surface area contributed by atoms with Crippen molar-refractivity contribution in [1.82, 2.24) is 19.3 Å². The summed E-state index contributed by atoms with van der Waals surface area (Å²) in [5.41, 5.74) is 2.12. The van der Waals surface area contributed by atoms with Crippen molar-refractivity contribution in [3.05, 3.63) is 50.9 Å². The van der Waals surface area contributed by atoms with Crippen molar-refractivity contribution < 1.29 is 13.2 Å². The molecule has 1 unspecified atom stereocenters. The minimum absolute atomic E-state index is 0.193. The largest absolute Gasteiger partial charge is 0.496 e. The average Bonchev–Trinajstić information content (AvgIpc) is 3.27. The van der Waals surface area contributed by atoms with E-state index < -0.39 is 21.3 Å². The van der Waals surface area contributed by atoms with Crippen LogP contribution in [0.4, 0.5) is 5.69 Å². The van der Waals surface area contributed by atoms with Crippen LogP contribution < -0.4 is 25.6 Å². The number of ether oxygens (including phenoxy) is 1. The summed E-state index contributed by atoms with van der Waals surface area (Å²) in [6.45, 7) is 8.09. The van der Waals surface area contributed by atoms with Crippen LogP contribution in [0.15, 0.2) is 34.1 Å². The lowest BCUT2D eigenvalue weighted by Gasteiger charge is -2.26. The molecule has 0 saturated carbocycles. The number of pyridine rings is 1. The Labute approximate surface area is 210 Å². The van der Waals surface area contributed by atoms with Gasteiger partial charge in [0.15, 0.2) is 0 Å². The van der Waals surface area contributed by atoms with E-state index in [9.17, 15) is 18.0 Å². The zero-order valence-electron chi connectivity index (χ0n) is 21.5. The summed E-state index contributed by atoms with van der Waals surface area (Å²) in [4.78, 5) is 34.1. The number of hydrogen-bond acceptors (Lipinski definition) is 7. The standard InChI is InChI=1S/C25H33N5O5S/c1-25(2,3)20-10-17(19-14-29(4)24(32)28-23(19)31)21-18(22(20)35-5)9-16(12-26-21)30-8-7-15(13-30)11-27-36(6,33)34/h9-10,12,14-15,27H,7-8,11,13H2,1-6H3,(H,28,31,32). The molecule has 1 atom stereocenters. The van der Waals surface area contributed by atoms with Gasteiger partial charge in [0.1, 0.15) is 5.75 Å². The highest BCUT2D eigenvalue weighted by Crippen LogP contribution is 2.42. The number of hydrogen-bond donors (Lipinski definition) is 2. The summed E-state index contributed by atoms with van der Waals surface area (Å²) >= 11 is 0. The van der Waals surface area contributed by atoms with E-state index in [1.807, 2.05) is 12.1 Å². The highest BCUT2D eigenvalue weighted by molar-refractivity contribution is 7.88. The molecule has 1 aromatic carbocycles. The molecule has 3 aromatic rings. The van der Waals surface area contributed by atoms with Crippen LogP contribution in [0.25, 0.3) is 22.0 Å². The quantitative estimate of drug-likeness (QED) is 0.514. The first-order chi connectivity index (χ1) is 16.8. The Hall–Kier alpha value is -3.18. The van der Waals surface area contributed by atoms with Gasteiger partial charge in [0.05, 0.1) is 36.3 Å². The Morgan fingerprint density at radius 2 is 1.94 bits per heavy atom. The number of aromatic nitrogens is 3. The number of nitrogens with zero attached hydrogens (tertiary/aromatic N) is 3. The van der Waals surface area contributed by atoms with Gasteiger partial charge in [0, 0.05) is 49.4 Å². The molecule has 1 aliphatic heterocycles. The van der Waals surface area contributed by atoms with Gasteiger partial charge in [-0.3, -0.25) is 14.8 Å². The number of anilines is 1. The van der Waals surface area contributed by atoms with E-state index in [2.05, 4.69) is 35.4 Å². The van der Waals surface area contributed by atoms with Crippen molar-refractivity contribution in [2.45, 2.75) is 32.6 Å². The maximum Gasteiger partial charge on any atom is 0.328 e. The van der Waals surface area contributed by atoms with Crippen LogP contribution in [0.5, 0.6) is 5.75 Å². The van der Waals surface area contributed by atoms with E-state index in [1.165, 1.54) is 17.0 Å². The molecule has 0 aliphatic carbocycles. The molecule has 3 heterocycles. The molecule has 0 spiro atoms. The Morgan fingerprint density at radius 1 is 1.22 bits per heavy atom. The van der Waals surface area contributed by atoms with Crippen molar-refractivity contribution >= 4 is 26.6 Å². The summed E-state index contributed by atoms with van der Waals surface area (Å²) in [7, 11) is -0.0250. The summed E-state index contributed by atoms with van der Waals surface area (Å²) in [5, 5.41) is 0.767. The van der Waals surface area contributed by atoms with E-state index >= 15 is 0 Å². The number of fused-ring (bicyclic) bond motifs is 1. The highest BCUT2D eigenvalue weighted by atomic mass is 32.2. The first-order valence-electron chi connectivity index (χ1n) is 11.8. The normalized spacial score (nSPS) is 16.6. The van der Waals surface area contributed by atoms with Gasteiger partial charge in [-0.25, -0.2) is 17.9 Å². The van der Waals surface area contributed by atoms with Crippen molar-refractivity contribution in [3.8, 4) is 16.9 Å². The molecule has 0 bridgehead atoms. The molecule has 0 amide bonds. The van der Waals surface area contributed by atoms with E-state index in [1.54, 1.807) is 20.4 Å². The molecule has 36 heavy (non-hydrogen) atoms. The second kappa shape index (κ2) is 9.36. The lowest BCUT2D eigenvalue weighted by Crippen LogP contribution is -2.30. The second-order valence-electron chi connectivity index (χ2n) is 10.5. The Balaban J connectivity index is 1.86. The predicted octanol–water partition coefficient (Wildman–Crippen LogP) is 1.97. The predicted molar refractivity (Wildman–Crippen MR) is 141 cm³/mol. The molecule has 1 aliphatic rings. The third-order valence-corrected chi connectivity index (χ3v) is 7.29. The number of sulfonamides is 1. The zero-order valence-corrected chi connectivity index (χ0v) is 22.3.